The van der Waals surface area contributed by atoms with Crippen molar-refractivity contribution in [1.82, 2.24) is 5.32 Å². The molecule has 1 amide bonds. The van der Waals surface area contributed by atoms with E-state index >= 15 is 0 Å². The van der Waals surface area contributed by atoms with Crippen molar-refractivity contribution in [3.8, 4) is 12.3 Å². The Balaban J connectivity index is 4.99. The van der Waals surface area contributed by atoms with E-state index in [0.717, 1.165) is 6.26 Å². The fourth-order valence-corrected chi connectivity index (χ4v) is 1.21. The Kier molecular flexibility index (Phi) is 4.71. The van der Waals surface area contributed by atoms with Crippen molar-refractivity contribution >= 4 is 21.7 Å². The Bertz CT molecular complexity index is 458. The van der Waals surface area contributed by atoms with Crippen molar-refractivity contribution in [2.24, 2.45) is 0 Å². The van der Waals surface area contributed by atoms with Crippen molar-refractivity contribution in [3.05, 3.63) is 0 Å². The minimum atomic E-state index is -3.64. The zero-order valence-corrected chi connectivity index (χ0v) is 10.7. The van der Waals surface area contributed by atoms with Gasteiger partial charge >= 0.3 is 5.97 Å². The van der Waals surface area contributed by atoms with Crippen LogP contribution in [0, 0.1) is 12.3 Å². The SMILES string of the molecule is C#CCC(NC(=O)C(C)(C)S(C)(=O)=O)C(=O)O. The Hall–Kier alpha value is -1.55. The van der Waals surface area contributed by atoms with Crippen LogP contribution in [0.5, 0.6) is 0 Å². The third-order valence-electron chi connectivity index (χ3n) is 2.40. The summed E-state index contributed by atoms with van der Waals surface area (Å²) in [5.41, 5.74) is 0. The van der Waals surface area contributed by atoms with Crippen LogP contribution in [0.1, 0.15) is 20.3 Å². The third kappa shape index (κ3) is 3.75. The molecule has 0 saturated carbocycles. The van der Waals surface area contributed by atoms with Gasteiger partial charge in [-0.3, -0.25) is 4.79 Å². The van der Waals surface area contributed by atoms with Crippen LogP contribution in [-0.4, -0.2) is 42.4 Å². The molecular weight excluding hydrogens is 246 g/mol. The molecule has 0 rings (SSSR count). The molecule has 0 bridgehead atoms. The molecule has 0 saturated heterocycles. The predicted octanol–water partition coefficient (Wildman–Crippen LogP) is -0.598. The number of hydrogen-bond donors (Lipinski definition) is 2. The van der Waals surface area contributed by atoms with Crippen molar-refractivity contribution < 1.29 is 23.1 Å². The number of terminal acetylenes is 1. The summed E-state index contributed by atoms with van der Waals surface area (Å²) in [7, 11) is -3.64. The summed E-state index contributed by atoms with van der Waals surface area (Å²) in [6.45, 7) is 2.40. The molecule has 17 heavy (non-hydrogen) atoms. The first-order valence-electron chi connectivity index (χ1n) is 4.71. The van der Waals surface area contributed by atoms with Gasteiger partial charge in [0.05, 0.1) is 0 Å². The number of hydrogen-bond acceptors (Lipinski definition) is 4. The summed E-state index contributed by atoms with van der Waals surface area (Å²) in [6, 6.07) is -1.28. The predicted molar refractivity (Wildman–Crippen MR) is 61.9 cm³/mol. The van der Waals surface area contributed by atoms with Gasteiger partial charge in [-0.25, -0.2) is 13.2 Å². The van der Waals surface area contributed by atoms with Crippen molar-refractivity contribution in [1.29, 1.82) is 0 Å². The smallest absolute Gasteiger partial charge is 0.327 e. The van der Waals surface area contributed by atoms with Crippen LogP contribution in [0.25, 0.3) is 0 Å². The monoisotopic (exact) mass is 261 g/mol. The molecule has 0 aliphatic carbocycles. The number of carbonyl (C=O) groups excluding carboxylic acids is 1. The zero-order valence-electron chi connectivity index (χ0n) is 9.85. The first-order valence-corrected chi connectivity index (χ1v) is 6.60. The Morgan fingerprint density at radius 2 is 1.94 bits per heavy atom. The Morgan fingerprint density at radius 3 is 2.24 bits per heavy atom. The largest absolute Gasteiger partial charge is 0.480 e. The molecule has 0 aliphatic rings. The van der Waals surface area contributed by atoms with Crippen molar-refractivity contribution in [2.45, 2.75) is 31.1 Å². The fourth-order valence-electron chi connectivity index (χ4n) is 0.818. The number of nitrogens with one attached hydrogen (secondary N) is 1. The number of carboxylic acid groups (broad SMARTS) is 1. The van der Waals surface area contributed by atoms with E-state index in [1.807, 2.05) is 0 Å². The van der Waals surface area contributed by atoms with E-state index in [-0.39, 0.29) is 6.42 Å². The van der Waals surface area contributed by atoms with E-state index in [2.05, 4.69) is 11.2 Å². The minimum Gasteiger partial charge on any atom is -0.480 e. The molecule has 0 aromatic carbocycles. The van der Waals surface area contributed by atoms with Gasteiger partial charge in [-0.2, -0.15) is 0 Å². The molecule has 0 heterocycles. The van der Waals surface area contributed by atoms with Crippen LogP contribution in [0.2, 0.25) is 0 Å². The van der Waals surface area contributed by atoms with Gasteiger partial charge in [0.1, 0.15) is 10.8 Å². The summed E-state index contributed by atoms with van der Waals surface area (Å²) in [4.78, 5) is 22.4. The lowest BCUT2D eigenvalue weighted by atomic mass is 10.1. The number of rotatable bonds is 5. The van der Waals surface area contributed by atoms with E-state index in [9.17, 15) is 18.0 Å². The maximum atomic E-state index is 11.7. The maximum Gasteiger partial charge on any atom is 0.327 e. The van der Waals surface area contributed by atoms with Crippen LogP contribution in [0.15, 0.2) is 0 Å². The topological polar surface area (TPSA) is 101 Å². The van der Waals surface area contributed by atoms with Gasteiger partial charge in [0.15, 0.2) is 9.84 Å². The highest BCUT2D eigenvalue weighted by molar-refractivity contribution is 7.92. The Labute approximate surface area is 100 Å². The van der Waals surface area contributed by atoms with Gasteiger partial charge in [-0.15, -0.1) is 12.3 Å². The van der Waals surface area contributed by atoms with E-state index in [0.29, 0.717) is 0 Å². The lowest BCUT2D eigenvalue weighted by Crippen LogP contribution is -2.52. The molecule has 0 spiro atoms. The van der Waals surface area contributed by atoms with Crippen LogP contribution < -0.4 is 5.32 Å². The molecule has 0 aliphatic heterocycles. The summed E-state index contributed by atoms with van der Waals surface area (Å²) >= 11 is 0. The van der Waals surface area contributed by atoms with Gasteiger partial charge in [0.25, 0.3) is 0 Å². The first-order chi connectivity index (χ1) is 7.54. The highest BCUT2D eigenvalue weighted by Gasteiger charge is 2.39. The highest BCUT2D eigenvalue weighted by atomic mass is 32.2. The second kappa shape index (κ2) is 5.19. The average Bonchev–Trinajstić information content (AvgIpc) is 2.14. The van der Waals surface area contributed by atoms with Crippen LogP contribution in [0.3, 0.4) is 0 Å². The third-order valence-corrected chi connectivity index (χ3v) is 4.44. The molecule has 7 heteroatoms. The fraction of sp³-hybridized carbons (Fsp3) is 0.600. The number of carbonyl (C=O) groups is 2. The molecule has 1 atom stereocenters. The zero-order chi connectivity index (χ0) is 13.9. The second-order valence-corrected chi connectivity index (χ2v) is 6.62. The molecule has 2 N–H and O–H groups in total. The molecule has 0 fully saturated rings. The molecule has 6 nitrogen and oxygen atoms in total. The molecule has 0 aromatic heterocycles. The number of amides is 1. The number of carboxylic acids is 1. The number of sulfone groups is 1. The second-order valence-electron chi connectivity index (χ2n) is 4.06. The van der Waals surface area contributed by atoms with Gasteiger partial charge in [0.2, 0.25) is 5.91 Å². The van der Waals surface area contributed by atoms with E-state index < -0.39 is 32.5 Å². The van der Waals surface area contributed by atoms with Gasteiger partial charge in [-0.05, 0) is 13.8 Å². The van der Waals surface area contributed by atoms with Gasteiger partial charge in [0, 0.05) is 12.7 Å². The Morgan fingerprint density at radius 1 is 1.47 bits per heavy atom. The quantitative estimate of drug-likeness (QED) is 0.644. The number of aliphatic carboxylic acids is 1. The average molecular weight is 261 g/mol. The standard InChI is InChI=1S/C10H15NO5S/c1-5-6-7(8(12)13)11-9(14)10(2,3)17(4,15)16/h1,7H,6H2,2-4H3,(H,11,14)(H,12,13). The van der Waals surface area contributed by atoms with E-state index in [1.165, 1.54) is 13.8 Å². The molecular formula is C10H15NO5S. The minimum absolute atomic E-state index is 0.207. The van der Waals surface area contributed by atoms with Crippen LogP contribution >= 0.6 is 0 Å². The van der Waals surface area contributed by atoms with Crippen LogP contribution in [-0.2, 0) is 19.4 Å². The van der Waals surface area contributed by atoms with E-state index in [1.54, 1.807) is 0 Å². The normalized spacial score (nSPS) is 13.5. The summed E-state index contributed by atoms with van der Waals surface area (Å²) in [5, 5.41) is 10.9. The highest BCUT2D eigenvalue weighted by Crippen LogP contribution is 2.15. The van der Waals surface area contributed by atoms with Gasteiger partial charge in [-0.1, -0.05) is 0 Å². The van der Waals surface area contributed by atoms with Gasteiger partial charge < -0.3 is 10.4 Å². The summed E-state index contributed by atoms with van der Waals surface area (Å²) < 4.78 is 21.0. The van der Waals surface area contributed by atoms with Crippen molar-refractivity contribution in [3.63, 3.8) is 0 Å². The molecule has 0 radical (unpaired) electrons. The summed E-state index contributed by atoms with van der Waals surface area (Å²) in [6.07, 6.45) is 5.65. The lowest BCUT2D eigenvalue weighted by Gasteiger charge is -2.23. The lowest BCUT2D eigenvalue weighted by molar-refractivity contribution is -0.141. The molecule has 0 aromatic rings. The summed E-state index contributed by atoms with van der Waals surface area (Å²) in [5.74, 6) is -0.0918. The van der Waals surface area contributed by atoms with Crippen molar-refractivity contribution in [2.75, 3.05) is 6.26 Å². The first kappa shape index (κ1) is 15.4. The maximum absolute atomic E-state index is 11.7. The molecule has 1 unspecified atom stereocenters. The van der Waals surface area contributed by atoms with Crippen LogP contribution in [0.4, 0.5) is 0 Å². The van der Waals surface area contributed by atoms with E-state index in [4.69, 9.17) is 11.5 Å². The molecule has 96 valence electrons.